The van der Waals surface area contributed by atoms with Gasteiger partial charge in [-0.25, -0.2) is 14.4 Å². The summed E-state index contributed by atoms with van der Waals surface area (Å²) in [6.07, 6.45) is 5.59. The van der Waals surface area contributed by atoms with E-state index in [2.05, 4.69) is 19.9 Å². The molecule has 3 aromatic rings. The van der Waals surface area contributed by atoms with Crippen molar-refractivity contribution in [1.82, 2.24) is 15.0 Å². The third-order valence-corrected chi connectivity index (χ3v) is 5.04. The highest BCUT2D eigenvalue weighted by Crippen LogP contribution is 2.27. The monoisotopic (exact) mass is 369 g/mol. The highest BCUT2D eigenvalue weighted by molar-refractivity contribution is 5.86. The van der Waals surface area contributed by atoms with E-state index in [-0.39, 0.29) is 13.2 Å². The summed E-state index contributed by atoms with van der Waals surface area (Å²) in [5.74, 6) is 1.78. The molecule has 1 aliphatic rings. The predicted octanol–water partition coefficient (Wildman–Crippen LogP) is 3.18. The number of anilines is 1. The summed E-state index contributed by atoms with van der Waals surface area (Å²) < 4.78 is 17.6. The SMILES string of the molecule is OCC1CCN(c2ncc(-c3cc4cc(OCC[18F])ccc4[nH]3)cn2)CC1. The first kappa shape index (κ1) is 17.7. The molecule has 1 fully saturated rings. The highest BCUT2D eigenvalue weighted by Gasteiger charge is 2.20. The molecule has 1 aliphatic heterocycles. The van der Waals surface area contributed by atoms with Gasteiger partial charge in [-0.2, -0.15) is 0 Å². The van der Waals surface area contributed by atoms with Crippen LogP contribution in [-0.2, 0) is 0 Å². The molecule has 2 aromatic heterocycles. The van der Waals surface area contributed by atoms with Crippen molar-refractivity contribution in [2.75, 3.05) is 37.9 Å². The number of H-pyrrole nitrogens is 1. The fourth-order valence-electron chi connectivity index (χ4n) is 3.45. The minimum absolute atomic E-state index is 0.0631. The molecule has 0 atom stereocenters. The van der Waals surface area contributed by atoms with Gasteiger partial charge >= 0.3 is 0 Å². The van der Waals surface area contributed by atoms with E-state index >= 15 is 0 Å². The molecular weight excluding hydrogens is 346 g/mol. The fourth-order valence-corrected chi connectivity index (χ4v) is 3.45. The van der Waals surface area contributed by atoms with Crippen LogP contribution >= 0.6 is 0 Å². The number of alkyl halides is 1. The molecule has 0 aliphatic carbocycles. The first-order valence-electron chi connectivity index (χ1n) is 9.26. The van der Waals surface area contributed by atoms with Crippen molar-refractivity contribution in [3.63, 3.8) is 0 Å². The molecule has 0 spiro atoms. The zero-order valence-electron chi connectivity index (χ0n) is 15.1. The molecule has 1 saturated heterocycles. The van der Waals surface area contributed by atoms with Crippen molar-refractivity contribution in [2.45, 2.75) is 12.8 Å². The number of aromatic nitrogens is 3. The molecule has 0 bridgehead atoms. The lowest BCUT2D eigenvalue weighted by molar-refractivity contribution is 0.202. The van der Waals surface area contributed by atoms with Crippen molar-refractivity contribution in [3.8, 4) is 17.0 Å². The summed E-state index contributed by atoms with van der Waals surface area (Å²) in [6, 6.07) is 7.66. The van der Waals surface area contributed by atoms with Crippen molar-refractivity contribution in [2.24, 2.45) is 5.92 Å². The maximum absolute atomic E-state index is 12.3. The summed E-state index contributed by atoms with van der Waals surface area (Å²) in [6.45, 7) is 1.57. The van der Waals surface area contributed by atoms with E-state index in [0.717, 1.165) is 54.0 Å². The molecule has 1 aromatic carbocycles. The van der Waals surface area contributed by atoms with Gasteiger partial charge in [-0.15, -0.1) is 0 Å². The molecule has 0 radical (unpaired) electrons. The van der Waals surface area contributed by atoms with Crippen molar-refractivity contribution >= 4 is 16.9 Å². The predicted molar refractivity (Wildman–Crippen MR) is 103 cm³/mol. The van der Waals surface area contributed by atoms with Gasteiger partial charge in [0.1, 0.15) is 19.0 Å². The Bertz CT molecular complexity index is 889. The Balaban J connectivity index is 1.50. The van der Waals surface area contributed by atoms with Crippen molar-refractivity contribution in [3.05, 3.63) is 36.7 Å². The van der Waals surface area contributed by atoms with Crippen LogP contribution in [0.15, 0.2) is 36.7 Å². The van der Waals surface area contributed by atoms with E-state index in [1.165, 1.54) is 0 Å². The van der Waals surface area contributed by atoms with E-state index in [9.17, 15) is 9.50 Å². The molecule has 0 amide bonds. The zero-order valence-corrected chi connectivity index (χ0v) is 15.1. The quantitative estimate of drug-likeness (QED) is 0.698. The van der Waals surface area contributed by atoms with Crippen LogP contribution in [0.3, 0.4) is 0 Å². The summed E-state index contributed by atoms with van der Waals surface area (Å²) >= 11 is 0. The second kappa shape index (κ2) is 7.92. The van der Waals surface area contributed by atoms with Crippen LogP contribution in [0.4, 0.5) is 10.3 Å². The van der Waals surface area contributed by atoms with Gasteiger partial charge in [0, 0.05) is 54.3 Å². The first-order valence-corrected chi connectivity index (χ1v) is 9.26. The number of nitrogens with one attached hydrogen (secondary N) is 1. The lowest BCUT2D eigenvalue weighted by Crippen LogP contribution is -2.35. The van der Waals surface area contributed by atoms with Crippen LogP contribution in [0.25, 0.3) is 22.2 Å². The molecule has 27 heavy (non-hydrogen) atoms. The van der Waals surface area contributed by atoms with Gasteiger partial charge in [0.25, 0.3) is 0 Å². The number of fused-ring (bicyclic) bond motifs is 1. The number of rotatable bonds is 6. The zero-order chi connectivity index (χ0) is 18.6. The summed E-state index contributed by atoms with van der Waals surface area (Å²) in [5, 5.41) is 10.2. The Labute approximate surface area is 157 Å². The van der Waals surface area contributed by atoms with E-state index in [4.69, 9.17) is 4.74 Å². The number of aliphatic hydroxyl groups excluding tert-OH is 1. The topological polar surface area (TPSA) is 74.3 Å². The number of piperidine rings is 1. The minimum Gasteiger partial charge on any atom is -0.491 e. The third-order valence-electron chi connectivity index (χ3n) is 5.04. The third kappa shape index (κ3) is 3.88. The number of halogens is 1. The standard InChI is InChI=1S/C20H23FN4O2/c21-5-8-27-17-1-2-18-15(9-17)10-19(24-18)16-11-22-20(23-12-16)25-6-3-14(13-26)4-7-25/h1-2,9-12,14,24,26H,3-8,13H2/i21-1. The Morgan fingerprint density at radius 2 is 1.96 bits per heavy atom. The molecule has 4 rings (SSSR count). The smallest absolute Gasteiger partial charge is 0.225 e. The van der Waals surface area contributed by atoms with Gasteiger partial charge < -0.3 is 19.7 Å². The Morgan fingerprint density at radius 1 is 1.19 bits per heavy atom. The van der Waals surface area contributed by atoms with Crippen LogP contribution in [-0.4, -0.2) is 53.0 Å². The number of aromatic amines is 1. The molecule has 2 N–H and O–H groups in total. The van der Waals surface area contributed by atoms with Gasteiger partial charge in [-0.1, -0.05) is 0 Å². The summed E-state index contributed by atoms with van der Waals surface area (Å²) in [5.41, 5.74) is 2.82. The van der Waals surface area contributed by atoms with Crippen LogP contribution in [0.2, 0.25) is 0 Å². The molecule has 0 unspecified atom stereocenters. The molecule has 6 nitrogen and oxygen atoms in total. The van der Waals surface area contributed by atoms with Gasteiger partial charge in [-0.3, -0.25) is 0 Å². The lowest BCUT2D eigenvalue weighted by Gasteiger charge is -2.30. The number of ether oxygens (including phenoxy) is 1. The van der Waals surface area contributed by atoms with Crippen molar-refractivity contribution < 1.29 is 14.2 Å². The van der Waals surface area contributed by atoms with E-state index in [1.54, 1.807) is 0 Å². The average molecular weight is 369 g/mol. The molecule has 3 heterocycles. The Morgan fingerprint density at radius 3 is 2.67 bits per heavy atom. The first-order chi connectivity index (χ1) is 13.3. The normalized spacial score (nSPS) is 15.4. The average Bonchev–Trinajstić information content (AvgIpc) is 3.16. The molecule has 7 heteroatoms. The molecular formula is C20H23FN4O2. The highest BCUT2D eigenvalue weighted by atomic mass is 18.2. The Hall–Kier alpha value is -2.67. The van der Waals surface area contributed by atoms with Crippen LogP contribution in [0, 0.1) is 5.92 Å². The van der Waals surface area contributed by atoms with Crippen LogP contribution < -0.4 is 9.64 Å². The Kier molecular flexibility index (Phi) is 5.20. The maximum Gasteiger partial charge on any atom is 0.225 e. The van der Waals surface area contributed by atoms with Crippen molar-refractivity contribution in [1.29, 1.82) is 0 Å². The largest absolute Gasteiger partial charge is 0.491 e. The maximum atomic E-state index is 12.3. The molecule has 0 saturated carbocycles. The van der Waals surface area contributed by atoms with E-state index < -0.39 is 6.67 Å². The van der Waals surface area contributed by atoms with Gasteiger partial charge in [0.05, 0.1) is 0 Å². The van der Waals surface area contributed by atoms with E-state index in [0.29, 0.717) is 11.7 Å². The van der Waals surface area contributed by atoms with E-state index in [1.807, 2.05) is 36.7 Å². The number of hydrogen-bond donors (Lipinski definition) is 2. The molecule has 142 valence electrons. The van der Waals surface area contributed by atoms with Crippen LogP contribution in [0.1, 0.15) is 12.8 Å². The van der Waals surface area contributed by atoms with Gasteiger partial charge in [0.15, 0.2) is 0 Å². The minimum atomic E-state index is -0.502. The summed E-state index contributed by atoms with van der Waals surface area (Å²) in [7, 11) is 0. The lowest BCUT2D eigenvalue weighted by atomic mass is 9.98. The van der Waals surface area contributed by atoms with Gasteiger partial charge in [-0.05, 0) is 43.0 Å². The second-order valence-corrected chi connectivity index (χ2v) is 6.85. The van der Waals surface area contributed by atoms with Crippen LogP contribution in [0.5, 0.6) is 5.75 Å². The number of benzene rings is 1. The fraction of sp³-hybridized carbons (Fsp3) is 0.400. The number of nitrogens with zero attached hydrogens (tertiary/aromatic N) is 3. The number of aliphatic hydroxyl groups is 1. The summed E-state index contributed by atoms with van der Waals surface area (Å²) in [4.78, 5) is 14.6. The number of hydrogen-bond acceptors (Lipinski definition) is 5. The second-order valence-electron chi connectivity index (χ2n) is 6.85. The van der Waals surface area contributed by atoms with Gasteiger partial charge in [0.2, 0.25) is 5.95 Å².